The average Bonchev–Trinajstić information content (AvgIpc) is 2.14. The van der Waals surface area contributed by atoms with Crippen molar-refractivity contribution in [2.75, 3.05) is 0 Å². The Morgan fingerprint density at radius 3 is 2.86 bits per heavy atom. The minimum atomic E-state index is 0.140. The summed E-state index contributed by atoms with van der Waals surface area (Å²) in [6.07, 6.45) is 4.34. The fraction of sp³-hybridized carbons (Fsp3) is 0.167. The zero-order valence-corrected chi connectivity index (χ0v) is 8.07. The molecular formula is C12H12O2. The first-order valence-corrected chi connectivity index (χ1v) is 4.42. The lowest BCUT2D eigenvalue weighted by molar-refractivity contribution is -0.116. The van der Waals surface area contributed by atoms with Gasteiger partial charge in [-0.05, 0) is 24.1 Å². The van der Waals surface area contributed by atoms with Crippen molar-refractivity contribution in [1.29, 1.82) is 0 Å². The Hall–Kier alpha value is -1.70. The second kappa shape index (κ2) is 5.12. The van der Waals surface area contributed by atoms with Gasteiger partial charge in [-0.1, -0.05) is 30.3 Å². The van der Waals surface area contributed by atoms with Crippen LogP contribution in [0.4, 0.5) is 0 Å². The van der Waals surface area contributed by atoms with Crippen molar-refractivity contribution >= 4 is 18.1 Å². The summed E-state index contributed by atoms with van der Waals surface area (Å²) in [4.78, 5) is 21.0. The van der Waals surface area contributed by atoms with E-state index in [4.69, 9.17) is 0 Å². The van der Waals surface area contributed by atoms with Crippen LogP contribution >= 0.6 is 0 Å². The predicted octanol–water partition coefficient (Wildman–Crippen LogP) is 2.03. The van der Waals surface area contributed by atoms with Crippen molar-refractivity contribution in [2.24, 2.45) is 0 Å². The lowest BCUT2D eigenvalue weighted by Gasteiger charge is -1.98. The summed E-state index contributed by atoms with van der Waals surface area (Å²) in [7, 11) is 0. The molecule has 0 aromatic heterocycles. The molecule has 0 aliphatic carbocycles. The normalized spacial score (nSPS) is 10.4. The molecule has 1 rings (SSSR count). The van der Waals surface area contributed by atoms with Crippen LogP contribution in [0.25, 0.3) is 6.08 Å². The van der Waals surface area contributed by atoms with Crippen molar-refractivity contribution in [2.45, 2.75) is 13.3 Å². The molecule has 0 radical (unpaired) electrons. The van der Waals surface area contributed by atoms with Crippen molar-refractivity contribution in [3.8, 4) is 0 Å². The lowest BCUT2D eigenvalue weighted by Crippen LogP contribution is -1.95. The van der Waals surface area contributed by atoms with Gasteiger partial charge in [0.25, 0.3) is 0 Å². The first-order chi connectivity index (χ1) is 6.72. The molecular weight excluding hydrogens is 176 g/mol. The van der Waals surface area contributed by atoms with E-state index in [0.717, 1.165) is 17.4 Å². The molecule has 0 atom stereocenters. The van der Waals surface area contributed by atoms with Crippen molar-refractivity contribution in [3.63, 3.8) is 0 Å². The zero-order chi connectivity index (χ0) is 10.4. The van der Waals surface area contributed by atoms with Crippen molar-refractivity contribution < 1.29 is 9.59 Å². The quantitative estimate of drug-likeness (QED) is 0.535. The predicted molar refractivity (Wildman–Crippen MR) is 55.9 cm³/mol. The third-order valence-electron chi connectivity index (χ3n) is 1.77. The van der Waals surface area contributed by atoms with Gasteiger partial charge in [-0.3, -0.25) is 9.59 Å². The van der Waals surface area contributed by atoms with Crippen LogP contribution < -0.4 is 0 Å². The highest BCUT2D eigenvalue weighted by atomic mass is 16.1. The summed E-state index contributed by atoms with van der Waals surface area (Å²) in [6, 6.07) is 7.58. The first kappa shape index (κ1) is 10.4. The summed E-state index contributed by atoms with van der Waals surface area (Å²) in [6.45, 7) is 1.56. The molecule has 72 valence electrons. The third kappa shape index (κ3) is 3.35. The standard InChI is InChI=1S/C12H12O2/c1-10(14)8-12-5-2-4-11(9-12)6-3-7-13/h2-7,9H,8H2,1H3. The van der Waals surface area contributed by atoms with Crippen LogP contribution in [0.5, 0.6) is 0 Å². The summed E-state index contributed by atoms with van der Waals surface area (Å²) in [5.41, 5.74) is 1.92. The summed E-state index contributed by atoms with van der Waals surface area (Å²) in [5.74, 6) is 0.140. The molecule has 0 N–H and O–H groups in total. The fourth-order valence-electron chi connectivity index (χ4n) is 1.24. The van der Waals surface area contributed by atoms with E-state index in [1.165, 1.54) is 6.08 Å². The molecule has 0 aliphatic rings. The number of allylic oxidation sites excluding steroid dienone is 1. The molecule has 0 aliphatic heterocycles. The van der Waals surface area contributed by atoms with Gasteiger partial charge in [0.1, 0.15) is 12.1 Å². The molecule has 2 heteroatoms. The van der Waals surface area contributed by atoms with E-state index in [-0.39, 0.29) is 5.78 Å². The monoisotopic (exact) mass is 188 g/mol. The number of rotatable bonds is 4. The maximum absolute atomic E-state index is 10.9. The minimum absolute atomic E-state index is 0.140. The summed E-state index contributed by atoms with van der Waals surface area (Å²) in [5, 5.41) is 0. The number of carbonyl (C=O) groups is 2. The van der Waals surface area contributed by atoms with Crippen LogP contribution in [0.2, 0.25) is 0 Å². The highest BCUT2D eigenvalue weighted by Crippen LogP contribution is 2.07. The fourth-order valence-corrected chi connectivity index (χ4v) is 1.24. The molecule has 1 aromatic rings. The van der Waals surface area contributed by atoms with Crippen molar-refractivity contribution in [3.05, 3.63) is 41.5 Å². The van der Waals surface area contributed by atoms with Gasteiger partial charge < -0.3 is 0 Å². The Morgan fingerprint density at radius 1 is 1.43 bits per heavy atom. The van der Waals surface area contributed by atoms with Gasteiger partial charge in [0, 0.05) is 6.42 Å². The third-order valence-corrected chi connectivity index (χ3v) is 1.77. The van der Waals surface area contributed by atoms with E-state index in [2.05, 4.69) is 0 Å². The number of hydrogen-bond donors (Lipinski definition) is 0. The number of carbonyl (C=O) groups excluding carboxylic acids is 2. The van der Waals surface area contributed by atoms with Crippen LogP contribution in [-0.4, -0.2) is 12.1 Å². The second-order valence-corrected chi connectivity index (χ2v) is 3.12. The minimum Gasteiger partial charge on any atom is -0.300 e. The number of aldehydes is 1. The number of hydrogen-bond acceptors (Lipinski definition) is 2. The Morgan fingerprint density at radius 2 is 2.21 bits per heavy atom. The topological polar surface area (TPSA) is 34.1 Å². The maximum atomic E-state index is 10.9. The Kier molecular flexibility index (Phi) is 3.80. The van der Waals surface area contributed by atoms with E-state index in [1.807, 2.05) is 24.3 Å². The van der Waals surface area contributed by atoms with Crippen LogP contribution in [0.1, 0.15) is 18.1 Å². The molecule has 0 unspecified atom stereocenters. The molecule has 0 bridgehead atoms. The molecule has 14 heavy (non-hydrogen) atoms. The number of ketones is 1. The number of benzene rings is 1. The molecule has 0 heterocycles. The molecule has 0 spiro atoms. The summed E-state index contributed by atoms with van der Waals surface area (Å²) < 4.78 is 0. The van der Waals surface area contributed by atoms with Crippen LogP contribution in [0, 0.1) is 0 Å². The molecule has 1 aromatic carbocycles. The van der Waals surface area contributed by atoms with E-state index in [9.17, 15) is 9.59 Å². The Balaban J connectivity index is 2.83. The van der Waals surface area contributed by atoms with Crippen LogP contribution in [0.15, 0.2) is 30.3 Å². The van der Waals surface area contributed by atoms with Gasteiger partial charge in [0.2, 0.25) is 0 Å². The highest BCUT2D eigenvalue weighted by molar-refractivity contribution is 5.78. The lowest BCUT2D eigenvalue weighted by atomic mass is 10.1. The van der Waals surface area contributed by atoms with Gasteiger partial charge in [0.15, 0.2) is 0 Å². The van der Waals surface area contributed by atoms with Gasteiger partial charge in [-0.2, -0.15) is 0 Å². The van der Waals surface area contributed by atoms with E-state index in [1.54, 1.807) is 13.0 Å². The molecule has 0 amide bonds. The Labute approximate surface area is 83.3 Å². The van der Waals surface area contributed by atoms with Crippen LogP contribution in [0.3, 0.4) is 0 Å². The van der Waals surface area contributed by atoms with Gasteiger partial charge in [-0.25, -0.2) is 0 Å². The van der Waals surface area contributed by atoms with Gasteiger partial charge in [-0.15, -0.1) is 0 Å². The zero-order valence-electron chi connectivity index (χ0n) is 8.07. The maximum Gasteiger partial charge on any atom is 0.142 e. The first-order valence-electron chi connectivity index (χ1n) is 4.42. The Bertz CT molecular complexity index is 364. The van der Waals surface area contributed by atoms with E-state index in [0.29, 0.717) is 6.42 Å². The van der Waals surface area contributed by atoms with Gasteiger partial charge in [0.05, 0.1) is 0 Å². The second-order valence-electron chi connectivity index (χ2n) is 3.12. The average molecular weight is 188 g/mol. The molecule has 0 saturated carbocycles. The van der Waals surface area contributed by atoms with E-state index < -0.39 is 0 Å². The van der Waals surface area contributed by atoms with Crippen molar-refractivity contribution in [1.82, 2.24) is 0 Å². The number of Topliss-reactive ketones (excluding diaryl/α,β-unsaturated/α-hetero) is 1. The van der Waals surface area contributed by atoms with E-state index >= 15 is 0 Å². The molecule has 0 saturated heterocycles. The SMILES string of the molecule is CC(=O)Cc1cccc(C=CC=O)c1. The van der Waals surface area contributed by atoms with Gasteiger partial charge >= 0.3 is 0 Å². The largest absolute Gasteiger partial charge is 0.300 e. The highest BCUT2D eigenvalue weighted by Gasteiger charge is 1.97. The molecule has 2 nitrogen and oxygen atoms in total. The smallest absolute Gasteiger partial charge is 0.142 e. The summed E-state index contributed by atoms with van der Waals surface area (Å²) >= 11 is 0. The van der Waals surface area contributed by atoms with Crippen LogP contribution in [-0.2, 0) is 16.0 Å². The molecule has 0 fully saturated rings.